The average Bonchev–Trinajstić information content (AvgIpc) is 2.96. The van der Waals surface area contributed by atoms with Crippen molar-refractivity contribution in [1.29, 1.82) is 0 Å². The van der Waals surface area contributed by atoms with Gasteiger partial charge < -0.3 is 5.11 Å². The Morgan fingerprint density at radius 2 is 1.57 bits per heavy atom. The van der Waals surface area contributed by atoms with Crippen molar-refractivity contribution in [2.45, 2.75) is 99.8 Å². The standard InChI is InChI=1S/C26H25N2.C13H24O2.Ir/c1-25(2,3)15-17-11-8-14-20-22(17)28-24-23(27-20)18-12-6-9-16-10-7-13-19(21(16)18)26(24,4)5;1-5-10(6-2)12(14)9-13(15)11(7-3)8-4;/h6-11,13-14H,15H2,1-5H3;9-11,14H,5-8H2,1-4H3;/q-1;;/b;12-9-;. The van der Waals surface area contributed by atoms with Gasteiger partial charge in [0.05, 0.1) is 16.8 Å². The van der Waals surface area contributed by atoms with Gasteiger partial charge in [0.15, 0.2) is 5.78 Å². The largest absolute Gasteiger partial charge is 0.512 e. The molecule has 237 valence electrons. The van der Waals surface area contributed by atoms with Crippen LogP contribution in [0.1, 0.15) is 105 Å². The quantitative estimate of drug-likeness (QED) is 0.110. The number of aliphatic hydroxyl groups excluding tert-OH is 1. The molecule has 0 unspecified atom stereocenters. The molecule has 0 saturated carbocycles. The third kappa shape index (κ3) is 7.32. The van der Waals surface area contributed by atoms with Crippen molar-refractivity contribution in [3.63, 3.8) is 0 Å². The van der Waals surface area contributed by atoms with Crippen molar-refractivity contribution >= 4 is 27.6 Å². The Morgan fingerprint density at radius 3 is 2.18 bits per heavy atom. The topological polar surface area (TPSA) is 63.1 Å². The molecule has 1 aliphatic rings. The van der Waals surface area contributed by atoms with Gasteiger partial charge in [0.25, 0.3) is 0 Å². The van der Waals surface area contributed by atoms with E-state index in [2.05, 4.69) is 83.1 Å². The maximum absolute atomic E-state index is 11.7. The summed E-state index contributed by atoms with van der Waals surface area (Å²) in [7, 11) is 0. The molecule has 1 heterocycles. The Balaban J connectivity index is 0.000000286. The minimum absolute atomic E-state index is 0. The SMILES string of the molecule is CC(C)(C)Cc1cccc2nc3c(nc12)C(C)(C)c1cccc2cc[c-]c-3c12.CCC(CC)C(=O)/C=C(\O)C(CC)CC.[Ir]. The van der Waals surface area contributed by atoms with Crippen molar-refractivity contribution in [1.82, 2.24) is 9.97 Å². The molecule has 0 bridgehead atoms. The number of carbonyl (C=O) groups is 1. The van der Waals surface area contributed by atoms with Gasteiger partial charge >= 0.3 is 0 Å². The van der Waals surface area contributed by atoms with Gasteiger partial charge in [-0.05, 0) is 49.1 Å². The minimum atomic E-state index is -0.201. The molecule has 5 rings (SSSR count). The monoisotopic (exact) mass is 770 g/mol. The summed E-state index contributed by atoms with van der Waals surface area (Å²) in [6.07, 6.45) is 5.89. The van der Waals surface area contributed by atoms with Gasteiger partial charge in [0.1, 0.15) is 0 Å². The van der Waals surface area contributed by atoms with Crippen molar-refractivity contribution in [2.24, 2.45) is 17.3 Å². The predicted octanol–water partition coefficient (Wildman–Crippen LogP) is 10.3. The van der Waals surface area contributed by atoms with Crippen molar-refractivity contribution in [3.8, 4) is 11.3 Å². The summed E-state index contributed by atoms with van der Waals surface area (Å²) in [6.45, 7) is 19.4. The van der Waals surface area contributed by atoms with Crippen LogP contribution in [0.4, 0.5) is 0 Å². The zero-order valence-electron chi connectivity index (χ0n) is 28.0. The molecule has 0 amide bonds. The second-order valence-electron chi connectivity index (χ2n) is 13.7. The second kappa shape index (κ2) is 14.5. The van der Waals surface area contributed by atoms with Crippen LogP contribution in [-0.2, 0) is 36.7 Å². The van der Waals surface area contributed by atoms with Crippen LogP contribution in [-0.4, -0.2) is 20.9 Å². The average molecular weight is 770 g/mol. The van der Waals surface area contributed by atoms with E-state index < -0.39 is 0 Å². The van der Waals surface area contributed by atoms with E-state index in [-0.39, 0.29) is 54.3 Å². The first-order chi connectivity index (χ1) is 20.4. The molecule has 0 fully saturated rings. The number of hydrogen-bond acceptors (Lipinski definition) is 4. The van der Waals surface area contributed by atoms with Crippen molar-refractivity contribution in [3.05, 3.63) is 83.3 Å². The number of fused-ring (bicyclic) bond motifs is 3. The zero-order chi connectivity index (χ0) is 31.5. The van der Waals surface area contributed by atoms with E-state index in [1.54, 1.807) is 0 Å². The maximum atomic E-state index is 11.7. The van der Waals surface area contributed by atoms with Gasteiger partial charge in [-0.25, -0.2) is 0 Å². The number of allylic oxidation sites excluding steroid dienone is 2. The Morgan fingerprint density at radius 1 is 0.932 bits per heavy atom. The van der Waals surface area contributed by atoms with E-state index >= 15 is 0 Å². The number of benzene rings is 3. The predicted molar refractivity (Wildman–Crippen MR) is 180 cm³/mol. The summed E-state index contributed by atoms with van der Waals surface area (Å²) in [4.78, 5) is 22.1. The van der Waals surface area contributed by atoms with Gasteiger partial charge in [-0.15, -0.1) is 29.1 Å². The number of hydrogen-bond donors (Lipinski definition) is 1. The summed E-state index contributed by atoms with van der Waals surface area (Å²) in [5, 5.41) is 12.3. The summed E-state index contributed by atoms with van der Waals surface area (Å²) < 4.78 is 0. The molecule has 1 radical (unpaired) electrons. The smallest absolute Gasteiger partial charge is 0.162 e. The van der Waals surface area contributed by atoms with Crippen molar-refractivity contribution in [2.75, 3.05) is 0 Å². The van der Waals surface area contributed by atoms with Gasteiger partial charge in [-0.3, -0.25) is 14.8 Å². The first-order valence-corrected chi connectivity index (χ1v) is 16.0. The molecule has 0 atom stereocenters. The Hall–Kier alpha value is -2.88. The maximum Gasteiger partial charge on any atom is 0.162 e. The molecule has 3 aromatic carbocycles. The van der Waals surface area contributed by atoms with E-state index in [4.69, 9.17) is 9.97 Å². The number of rotatable bonds is 8. The Kier molecular flexibility index (Phi) is 11.7. The van der Waals surface area contributed by atoms with Gasteiger partial charge in [0.2, 0.25) is 0 Å². The second-order valence-corrected chi connectivity index (χ2v) is 13.7. The molecule has 1 aromatic heterocycles. The summed E-state index contributed by atoms with van der Waals surface area (Å²) in [6, 6.07) is 20.6. The fraction of sp³-hybridized carbons (Fsp3) is 0.462. The first-order valence-electron chi connectivity index (χ1n) is 16.0. The van der Waals surface area contributed by atoms with Gasteiger partial charge in [0, 0.05) is 54.8 Å². The molecule has 44 heavy (non-hydrogen) atoms. The van der Waals surface area contributed by atoms with Crippen LogP contribution in [0, 0.1) is 23.3 Å². The first kappa shape index (κ1) is 35.6. The molecule has 4 nitrogen and oxygen atoms in total. The molecular formula is C39H49IrN2O2-. The fourth-order valence-corrected chi connectivity index (χ4v) is 6.35. The number of para-hydroxylation sites is 1. The molecular weight excluding hydrogens is 721 g/mol. The van der Waals surface area contributed by atoms with E-state index in [0.29, 0.717) is 0 Å². The zero-order valence-corrected chi connectivity index (χ0v) is 30.4. The molecule has 1 N–H and O–H groups in total. The van der Waals surface area contributed by atoms with Crippen LogP contribution in [0.15, 0.2) is 60.4 Å². The molecule has 5 heteroatoms. The number of nitrogens with zero attached hydrogens (tertiary/aromatic N) is 2. The number of carbonyl (C=O) groups excluding carboxylic acids is 1. The van der Waals surface area contributed by atoms with E-state index in [0.717, 1.165) is 60.1 Å². The Bertz CT molecular complexity index is 1630. The number of aromatic nitrogens is 2. The van der Waals surface area contributed by atoms with Crippen molar-refractivity contribution < 1.29 is 30.0 Å². The van der Waals surface area contributed by atoms with Crippen LogP contribution in [0.5, 0.6) is 0 Å². The molecule has 1 aliphatic carbocycles. The van der Waals surface area contributed by atoms with Gasteiger partial charge in [-0.2, -0.15) is 0 Å². The molecule has 0 saturated heterocycles. The van der Waals surface area contributed by atoms with Crippen LogP contribution >= 0.6 is 0 Å². The minimum Gasteiger partial charge on any atom is -0.512 e. The number of aliphatic hydroxyl groups is 1. The van der Waals surface area contributed by atoms with Crippen LogP contribution in [0.2, 0.25) is 0 Å². The van der Waals surface area contributed by atoms with E-state index in [9.17, 15) is 9.90 Å². The van der Waals surface area contributed by atoms with Crippen LogP contribution < -0.4 is 0 Å². The summed E-state index contributed by atoms with van der Waals surface area (Å²) >= 11 is 0. The molecule has 0 spiro atoms. The van der Waals surface area contributed by atoms with Crippen LogP contribution in [0.3, 0.4) is 0 Å². The normalized spacial score (nSPS) is 13.8. The molecule has 4 aromatic rings. The fourth-order valence-electron chi connectivity index (χ4n) is 6.35. The molecule has 0 aliphatic heterocycles. The number of ketones is 1. The van der Waals surface area contributed by atoms with E-state index in [1.165, 1.54) is 28.0 Å². The third-order valence-corrected chi connectivity index (χ3v) is 8.92. The summed E-state index contributed by atoms with van der Waals surface area (Å²) in [5.41, 5.74) is 7.72. The van der Waals surface area contributed by atoms with E-state index in [1.807, 2.05) is 33.8 Å². The van der Waals surface area contributed by atoms with Gasteiger partial charge in [-0.1, -0.05) is 104 Å². The third-order valence-electron chi connectivity index (χ3n) is 8.92. The Labute approximate surface area is 278 Å². The summed E-state index contributed by atoms with van der Waals surface area (Å²) in [5.74, 6) is 0.547. The van der Waals surface area contributed by atoms with Crippen LogP contribution in [0.25, 0.3) is 33.1 Å².